The number of ether oxygens (including phenoxy) is 1. The Labute approximate surface area is 142 Å². The smallest absolute Gasteiger partial charge is 0.282 e. The number of imide groups is 1. The molecule has 2 aromatic rings. The Morgan fingerprint density at radius 3 is 2.32 bits per heavy atom. The molecule has 2 aromatic carbocycles. The van der Waals surface area contributed by atoms with Gasteiger partial charge in [-0.3, -0.25) is 14.4 Å². The summed E-state index contributed by atoms with van der Waals surface area (Å²) in [5.41, 5.74) is 1.61. The lowest BCUT2D eigenvalue weighted by atomic mass is 10.1. The number of hydrogen-bond acceptors (Lipinski definition) is 5. The van der Waals surface area contributed by atoms with Gasteiger partial charge in [-0.25, -0.2) is 0 Å². The van der Waals surface area contributed by atoms with Crippen LogP contribution in [0.25, 0.3) is 0 Å². The number of hydrazone groups is 1. The van der Waals surface area contributed by atoms with E-state index in [1.54, 1.807) is 42.5 Å². The van der Waals surface area contributed by atoms with Crippen molar-refractivity contribution in [3.8, 4) is 5.75 Å². The van der Waals surface area contributed by atoms with E-state index in [1.165, 1.54) is 0 Å². The lowest BCUT2D eigenvalue weighted by Crippen LogP contribution is -2.28. The summed E-state index contributed by atoms with van der Waals surface area (Å²) in [6, 6.07) is 11.6. The summed E-state index contributed by atoms with van der Waals surface area (Å²) in [5.74, 6) is -0.987. The summed E-state index contributed by atoms with van der Waals surface area (Å²) < 4.78 is 5.44. The first kappa shape index (κ1) is 15.1. The lowest BCUT2D eigenvalue weighted by Gasteiger charge is -2.08. The molecule has 0 aliphatic carbocycles. The van der Waals surface area contributed by atoms with E-state index in [0.29, 0.717) is 23.6 Å². The van der Waals surface area contributed by atoms with E-state index < -0.39 is 17.7 Å². The van der Waals surface area contributed by atoms with Gasteiger partial charge in [-0.2, -0.15) is 10.1 Å². The Balaban J connectivity index is 1.76. The molecule has 2 heterocycles. The Hall–Kier alpha value is -3.48. The van der Waals surface area contributed by atoms with Gasteiger partial charge in [-0.15, -0.1) is 0 Å². The zero-order chi connectivity index (χ0) is 17.6. The van der Waals surface area contributed by atoms with Crippen LogP contribution in [0.3, 0.4) is 0 Å². The van der Waals surface area contributed by atoms with Crippen molar-refractivity contribution >= 4 is 29.1 Å². The third-order valence-corrected chi connectivity index (χ3v) is 3.99. The van der Waals surface area contributed by atoms with Crippen LogP contribution in [-0.2, 0) is 4.79 Å². The molecule has 7 nitrogen and oxygen atoms in total. The lowest BCUT2D eigenvalue weighted by molar-refractivity contribution is -0.110. The first-order valence-electron chi connectivity index (χ1n) is 7.75. The van der Waals surface area contributed by atoms with Crippen molar-refractivity contribution in [2.24, 2.45) is 5.10 Å². The number of carbonyl (C=O) groups is 3. The minimum Gasteiger partial charge on any atom is -0.494 e. The molecule has 0 spiro atoms. The molecular weight excluding hydrogens is 322 g/mol. The van der Waals surface area contributed by atoms with Crippen LogP contribution >= 0.6 is 0 Å². The predicted octanol–water partition coefficient (Wildman–Crippen LogP) is 2.04. The second-order valence-corrected chi connectivity index (χ2v) is 5.51. The van der Waals surface area contributed by atoms with Crippen molar-refractivity contribution in [1.82, 2.24) is 5.01 Å². The van der Waals surface area contributed by atoms with Crippen molar-refractivity contribution in [3.63, 3.8) is 0 Å². The molecule has 0 unspecified atom stereocenters. The second kappa shape index (κ2) is 5.55. The summed E-state index contributed by atoms with van der Waals surface area (Å²) in [5, 5.41) is 7.46. The fourth-order valence-corrected chi connectivity index (χ4v) is 2.86. The molecule has 0 bridgehead atoms. The maximum atomic E-state index is 12.4. The number of carbonyl (C=O) groups excluding carboxylic acids is 3. The Kier molecular flexibility index (Phi) is 3.35. The zero-order valence-electron chi connectivity index (χ0n) is 13.3. The van der Waals surface area contributed by atoms with Crippen LogP contribution < -0.4 is 10.1 Å². The molecule has 0 saturated carbocycles. The van der Waals surface area contributed by atoms with E-state index in [4.69, 9.17) is 4.74 Å². The molecular formula is C18H13N3O4. The highest BCUT2D eigenvalue weighted by Crippen LogP contribution is 2.29. The quantitative estimate of drug-likeness (QED) is 0.870. The highest BCUT2D eigenvalue weighted by atomic mass is 16.5. The van der Waals surface area contributed by atoms with E-state index in [1.807, 2.05) is 6.92 Å². The molecule has 0 radical (unpaired) electrons. The summed E-state index contributed by atoms with van der Waals surface area (Å²) >= 11 is 0. The molecule has 0 saturated heterocycles. The minimum absolute atomic E-state index is 0.00561. The third kappa shape index (κ3) is 2.28. The highest BCUT2D eigenvalue weighted by molar-refractivity contribution is 6.54. The molecule has 2 aliphatic rings. The van der Waals surface area contributed by atoms with Crippen molar-refractivity contribution in [2.75, 3.05) is 11.9 Å². The number of hydrogen-bond donors (Lipinski definition) is 1. The number of anilines is 1. The summed E-state index contributed by atoms with van der Waals surface area (Å²) in [4.78, 5) is 37.1. The van der Waals surface area contributed by atoms with Crippen LogP contribution in [0.5, 0.6) is 5.75 Å². The fraction of sp³-hybridized carbons (Fsp3) is 0.111. The van der Waals surface area contributed by atoms with Crippen LogP contribution in [0, 0.1) is 0 Å². The van der Waals surface area contributed by atoms with Crippen molar-refractivity contribution in [1.29, 1.82) is 0 Å². The van der Waals surface area contributed by atoms with Gasteiger partial charge in [0.05, 0.1) is 23.4 Å². The normalized spacial score (nSPS) is 16.9. The maximum absolute atomic E-state index is 12.4. The van der Waals surface area contributed by atoms with Crippen LogP contribution in [0.1, 0.15) is 33.2 Å². The van der Waals surface area contributed by atoms with Crippen LogP contribution in [-0.4, -0.2) is 35.0 Å². The Morgan fingerprint density at radius 2 is 1.68 bits per heavy atom. The molecule has 124 valence electrons. The number of nitrogens with zero attached hydrogens (tertiary/aromatic N) is 2. The van der Waals surface area contributed by atoms with Crippen molar-refractivity contribution in [2.45, 2.75) is 6.92 Å². The molecule has 3 amide bonds. The van der Waals surface area contributed by atoms with Gasteiger partial charge in [-0.05, 0) is 37.3 Å². The SMILES string of the molecule is CCOc1ccc2c(c1)/C(=N\N1C(=O)c3ccccc3C1=O)C(=O)N2. The van der Waals surface area contributed by atoms with Gasteiger partial charge in [0.25, 0.3) is 17.7 Å². The van der Waals surface area contributed by atoms with Crippen LogP contribution in [0.15, 0.2) is 47.6 Å². The monoisotopic (exact) mass is 335 g/mol. The fourth-order valence-electron chi connectivity index (χ4n) is 2.86. The Morgan fingerprint density at radius 1 is 1.00 bits per heavy atom. The van der Waals surface area contributed by atoms with Gasteiger partial charge in [-0.1, -0.05) is 12.1 Å². The number of fused-ring (bicyclic) bond motifs is 2. The van der Waals surface area contributed by atoms with Gasteiger partial charge in [0.1, 0.15) is 5.75 Å². The maximum Gasteiger partial charge on any atom is 0.282 e. The molecule has 0 atom stereocenters. The van der Waals surface area contributed by atoms with Crippen molar-refractivity contribution in [3.05, 3.63) is 59.2 Å². The van der Waals surface area contributed by atoms with E-state index >= 15 is 0 Å². The average molecular weight is 335 g/mol. The predicted molar refractivity (Wildman–Crippen MR) is 89.7 cm³/mol. The van der Waals surface area contributed by atoms with Gasteiger partial charge in [0.2, 0.25) is 0 Å². The molecule has 0 fully saturated rings. The Bertz CT molecular complexity index is 930. The standard InChI is InChI=1S/C18H13N3O4/c1-2-25-10-7-8-14-13(9-10)15(16(22)19-14)20-21-17(23)11-5-3-4-6-12(11)18(21)24/h3-9H,2H2,1H3,(H,19,20,22). The van der Waals surface area contributed by atoms with E-state index in [9.17, 15) is 14.4 Å². The molecule has 25 heavy (non-hydrogen) atoms. The van der Waals surface area contributed by atoms with E-state index in [2.05, 4.69) is 10.4 Å². The molecule has 7 heteroatoms. The summed E-state index contributed by atoms with van der Waals surface area (Å²) in [6.07, 6.45) is 0. The summed E-state index contributed by atoms with van der Waals surface area (Å²) in [7, 11) is 0. The second-order valence-electron chi connectivity index (χ2n) is 5.51. The van der Waals surface area contributed by atoms with Gasteiger partial charge >= 0.3 is 0 Å². The molecule has 0 aromatic heterocycles. The largest absolute Gasteiger partial charge is 0.494 e. The van der Waals surface area contributed by atoms with Gasteiger partial charge in [0, 0.05) is 5.56 Å². The molecule has 4 rings (SSSR count). The number of nitrogens with one attached hydrogen (secondary N) is 1. The van der Waals surface area contributed by atoms with Gasteiger partial charge in [0.15, 0.2) is 5.71 Å². The third-order valence-electron chi connectivity index (χ3n) is 3.99. The minimum atomic E-state index is -0.546. The van der Waals surface area contributed by atoms with Crippen LogP contribution in [0.2, 0.25) is 0 Å². The summed E-state index contributed by atoms with van der Waals surface area (Å²) in [6.45, 7) is 2.33. The number of rotatable bonds is 3. The average Bonchev–Trinajstić information content (AvgIpc) is 3.05. The topological polar surface area (TPSA) is 88.1 Å². The van der Waals surface area contributed by atoms with Crippen molar-refractivity contribution < 1.29 is 19.1 Å². The first-order chi connectivity index (χ1) is 12.1. The number of amides is 3. The number of benzene rings is 2. The molecule has 1 N–H and O–H groups in total. The first-order valence-corrected chi connectivity index (χ1v) is 7.75. The highest BCUT2D eigenvalue weighted by Gasteiger charge is 2.37. The van der Waals surface area contributed by atoms with Gasteiger partial charge < -0.3 is 10.1 Å². The van der Waals surface area contributed by atoms with E-state index in [0.717, 1.165) is 5.01 Å². The van der Waals surface area contributed by atoms with E-state index in [-0.39, 0.29) is 16.8 Å². The molecule has 2 aliphatic heterocycles. The zero-order valence-corrected chi connectivity index (χ0v) is 13.3. The van der Waals surface area contributed by atoms with Crippen LogP contribution in [0.4, 0.5) is 5.69 Å².